The van der Waals surface area contributed by atoms with E-state index in [1.807, 2.05) is 42.1 Å². The molecular formula is C57H36N6S. The molecule has 2 unspecified atom stereocenters. The molecule has 0 fully saturated rings. The third kappa shape index (κ3) is 5.16. The molecule has 0 radical (unpaired) electrons. The fourth-order valence-corrected chi connectivity index (χ4v) is 11.8. The first-order valence-corrected chi connectivity index (χ1v) is 22.6. The lowest BCUT2D eigenvalue weighted by Crippen LogP contribution is -2.28. The average molecular weight is 837 g/mol. The van der Waals surface area contributed by atoms with Gasteiger partial charge in [0, 0.05) is 89.0 Å². The topological polar surface area (TPSA) is 51.2 Å². The van der Waals surface area contributed by atoms with Crippen LogP contribution in [-0.4, -0.2) is 31.5 Å². The number of aliphatic imine (C=N–C) groups is 1. The van der Waals surface area contributed by atoms with Gasteiger partial charge in [0.15, 0.2) is 0 Å². The van der Waals surface area contributed by atoms with Gasteiger partial charge in [0.2, 0.25) is 0 Å². The van der Waals surface area contributed by atoms with Crippen molar-refractivity contribution in [3.8, 4) is 33.6 Å². The third-order valence-electron chi connectivity index (χ3n) is 13.4. The average Bonchev–Trinajstić information content (AvgIpc) is 4.10. The van der Waals surface area contributed by atoms with Crippen molar-refractivity contribution < 1.29 is 0 Å². The lowest BCUT2D eigenvalue weighted by atomic mass is 9.97. The van der Waals surface area contributed by atoms with Gasteiger partial charge in [-0.25, -0.2) is 9.97 Å². The summed E-state index contributed by atoms with van der Waals surface area (Å²) in [5, 5.41) is 7.13. The second-order valence-electron chi connectivity index (χ2n) is 16.8. The van der Waals surface area contributed by atoms with Gasteiger partial charge in [-0.2, -0.15) is 0 Å². The largest absolute Gasteiger partial charge is 0.318 e. The van der Waals surface area contributed by atoms with Crippen LogP contribution in [0.2, 0.25) is 0 Å². The SMILES string of the molecule is C1=CC2c3ccccc3N(c3ccc4c(c3)c3cccnc3n4-c3ccc4c(c3)c3cccnc3n4-c3cccc(-c4cccc(-c5cccc6c5sc5ccccc56)c4)c3)C2N=C1. The van der Waals surface area contributed by atoms with Crippen molar-refractivity contribution in [1.82, 2.24) is 19.1 Å². The molecule has 0 aliphatic carbocycles. The summed E-state index contributed by atoms with van der Waals surface area (Å²) in [4.78, 5) is 17.4. The predicted molar refractivity (Wildman–Crippen MR) is 267 cm³/mol. The van der Waals surface area contributed by atoms with E-state index in [9.17, 15) is 0 Å². The van der Waals surface area contributed by atoms with Gasteiger partial charge >= 0.3 is 0 Å². The number of hydrogen-bond acceptors (Lipinski definition) is 5. The molecule has 7 aromatic carbocycles. The molecule has 0 saturated heterocycles. The van der Waals surface area contributed by atoms with Crippen LogP contribution >= 0.6 is 11.3 Å². The Hall–Kier alpha value is -8.13. The van der Waals surface area contributed by atoms with Gasteiger partial charge < -0.3 is 4.90 Å². The molecule has 5 aromatic heterocycles. The minimum Gasteiger partial charge on any atom is -0.318 e. The maximum atomic E-state index is 5.01. The number of nitrogens with zero attached hydrogens (tertiary/aromatic N) is 6. The molecule has 300 valence electrons. The number of rotatable bonds is 5. The smallest absolute Gasteiger partial charge is 0.145 e. The van der Waals surface area contributed by atoms with Gasteiger partial charge in [-0.05, 0) is 125 Å². The van der Waals surface area contributed by atoms with E-state index in [0.29, 0.717) is 0 Å². The molecule has 2 aliphatic heterocycles. The summed E-state index contributed by atoms with van der Waals surface area (Å²) in [5.41, 5.74) is 14.6. The minimum atomic E-state index is -0.0152. The summed E-state index contributed by atoms with van der Waals surface area (Å²) in [6, 6.07) is 64.0. The van der Waals surface area contributed by atoms with E-state index in [-0.39, 0.29) is 12.1 Å². The van der Waals surface area contributed by atoms with Crippen LogP contribution in [0.3, 0.4) is 0 Å². The number of thiophene rings is 1. The van der Waals surface area contributed by atoms with Crippen molar-refractivity contribution in [1.29, 1.82) is 0 Å². The normalized spacial score (nSPS) is 15.7. The van der Waals surface area contributed by atoms with Crippen LogP contribution in [0.25, 0.3) is 97.7 Å². The molecule has 2 aliphatic rings. The summed E-state index contributed by atoms with van der Waals surface area (Å²) in [6.45, 7) is 0. The van der Waals surface area contributed by atoms with Crippen LogP contribution in [-0.2, 0) is 0 Å². The summed E-state index contributed by atoms with van der Waals surface area (Å²) in [6.07, 6.45) is 10.0. The Labute approximate surface area is 372 Å². The fraction of sp³-hybridized carbons (Fsp3) is 0.0351. The lowest BCUT2D eigenvalue weighted by Gasteiger charge is -2.28. The van der Waals surface area contributed by atoms with Gasteiger partial charge in [0.05, 0.1) is 11.0 Å². The number of para-hydroxylation sites is 1. The summed E-state index contributed by atoms with van der Waals surface area (Å²) < 4.78 is 7.25. The van der Waals surface area contributed by atoms with Crippen molar-refractivity contribution in [3.05, 3.63) is 206 Å². The molecule has 64 heavy (non-hydrogen) atoms. The minimum absolute atomic E-state index is 0.0152. The number of allylic oxidation sites excluding steroid dienone is 1. The van der Waals surface area contributed by atoms with Crippen LogP contribution in [0.15, 0.2) is 205 Å². The number of dihydropyridines is 1. The highest BCUT2D eigenvalue weighted by molar-refractivity contribution is 7.26. The molecule has 0 amide bonds. The Morgan fingerprint density at radius 2 is 1.11 bits per heavy atom. The van der Waals surface area contributed by atoms with Crippen molar-refractivity contribution in [3.63, 3.8) is 0 Å². The number of benzene rings is 7. The van der Waals surface area contributed by atoms with E-state index in [1.54, 1.807) is 0 Å². The van der Waals surface area contributed by atoms with Crippen LogP contribution in [0, 0.1) is 0 Å². The second-order valence-corrected chi connectivity index (χ2v) is 17.8. The molecule has 0 saturated carbocycles. The lowest BCUT2D eigenvalue weighted by molar-refractivity contribution is 0.659. The predicted octanol–water partition coefficient (Wildman–Crippen LogP) is 14.6. The zero-order chi connectivity index (χ0) is 41.9. The van der Waals surface area contributed by atoms with Gasteiger partial charge in [0.1, 0.15) is 17.5 Å². The molecule has 7 heterocycles. The Balaban J connectivity index is 0.882. The van der Waals surface area contributed by atoms with Gasteiger partial charge in [-0.1, -0.05) is 91.0 Å². The van der Waals surface area contributed by atoms with E-state index in [1.165, 1.54) is 48.1 Å². The molecule has 12 aromatic rings. The first-order valence-electron chi connectivity index (χ1n) is 21.7. The molecular weight excluding hydrogens is 801 g/mol. The molecule has 6 nitrogen and oxygen atoms in total. The molecule has 14 rings (SSSR count). The number of pyridine rings is 2. The Kier molecular flexibility index (Phi) is 7.58. The molecule has 0 bridgehead atoms. The molecule has 2 atom stereocenters. The van der Waals surface area contributed by atoms with E-state index >= 15 is 0 Å². The van der Waals surface area contributed by atoms with Crippen molar-refractivity contribution in [2.75, 3.05) is 4.90 Å². The van der Waals surface area contributed by atoms with E-state index < -0.39 is 0 Å². The highest BCUT2D eigenvalue weighted by Crippen LogP contribution is 2.48. The zero-order valence-electron chi connectivity index (χ0n) is 34.4. The first kappa shape index (κ1) is 35.5. The second kappa shape index (κ2) is 13.7. The quantitative estimate of drug-likeness (QED) is 0.173. The number of hydrogen-bond donors (Lipinski definition) is 0. The third-order valence-corrected chi connectivity index (χ3v) is 14.6. The maximum Gasteiger partial charge on any atom is 0.145 e. The van der Waals surface area contributed by atoms with E-state index in [2.05, 4.69) is 190 Å². The van der Waals surface area contributed by atoms with Crippen LogP contribution in [0.5, 0.6) is 0 Å². The highest BCUT2D eigenvalue weighted by atomic mass is 32.1. The van der Waals surface area contributed by atoms with Crippen molar-refractivity contribution in [2.24, 2.45) is 4.99 Å². The summed E-state index contributed by atoms with van der Waals surface area (Å²) in [5.74, 6) is 0.218. The van der Waals surface area contributed by atoms with E-state index in [0.717, 1.165) is 66.5 Å². The molecule has 0 spiro atoms. The fourth-order valence-electron chi connectivity index (χ4n) is 10.6. The highest BCUT2D eigenvalue weighted by Gasteiger charge is 2.38. The summed E-state index contributed by atoms with van der Waals surface area (Å²) in [7, 11) is 0. The summed E-state index contributed by atoms with van der Waals surface area (Å²) >= 11 is 1.87. The van der Waals surface area contributed by atoms with Crippen LogP contribution < -0.4 is 4.90 Å². The molecule has 7 heteroatoms. The molecule has 0 N–H and O–H groups in total. The Morgan fingerprint density at radius 3 is 1.94 bits per heavy atom. The number of anilines is 2. The van der Waals surface area contributed by atoms with Crippen LogP contribution in [0.1, 0.15) is 11.5 Å². The number of fused-ring (bicyclic) bond motifs is 12. The van der Waals surface area contributed by atoms with E-state index in [4.69, 9.17) is 15.0 Å². The van der Waals surface area contributed by atoms with Crippen molar-refractivity contribution in [2.45, 2.75) is 12.1 Å². The maximum absolute atomic E-state index is 5.01. The first-order chi connectivity index (χ1) is 31.7. The van der Waals surface area contributed by atoms with Crippen molar-refractivity contribution >= 4 is 93.0 Å². The zero-order valence-corrected chi connectivity index (χ0v) is 35.2. The monoisotopic (exact) mass is 836 g/mol. The Morgan fingerprint density at radius 1 is 0.469 bits per heavy atom. The van der Waals surface area contributed by atoms with Gasteiger partial charge in [-0.3, -0.25) is 14.1 Å². The standard InChI is InChI=1S/C57H36N6S/c1-3-22-50-42(15-1)45-19-8-28-58-55(45)62(50)39-24-27-52-49(33-39)47-21-10-30-60-57(47)63(52)40-25-26-51-48(34-40)46-20-9-29-59-56(46)61(51)38-14-6-12-36(32-38)35-11-5-13-37(31-35)41-17-7-18-44-43-16-2-4-23-53(43)64-54(41)44/h1-34,45,55H. The van der Waals surface area contributed by atoms with Gasteiger partial charge in [0.25, 0.3) is 0 Å². The van der Waals surface area contributed by atoms with Gasteiger partial charge in [-0.15, -0.1) is 11.3 Å². The Bertz CT molecular complexity index is 3960. The number of aromatic nitrogens is 4. The van der Waals surface area contributed by atoms with Crippen LogP contribution in [0.4, 0.5) is 11.4 Å².